The van der Waals surface area contributed by atoms with Crippen LogP contribution in [0.5, 0.6) is 0 Å². The molecule has 0 bridgehead atoms. The van der Waals surface area contributed by atoms with E-state index in [9.17, 15) is 8.42 Å². The predicted octanol–water partition coefficient (Wildman–Crippen LogP) is 3.33. The molecule has 1 aromatic heterocycles. The number of thioether (sulfide) groups is 1. The van der Waals surface area contributed by atoms with Gasteiger partial charge in [-0.3, -0.25) is 0 Å². The summed E-state index contributed by atoms with van der Waals surface area (Å²) < 4.78 is 28.2. The number of halogens is 1. The Labute approximate surface area is 125 Å². The average Bonchev–Trinajstić information content (AvgIpc) is 2.63. The molecule has 18 heavy (non-hydrogen) atoms. The minimum Gasteiger partial charge on any atom is -0.206 e. The van der Waals surface area contributed by atoms with Gasteiger partial charge in [-0.2, -0.15) is 16.1 Å². The van der Waals surface area contributed by atoms with Gasteiger partial charge in [-0.25, -0.2) is 8.42 Å². The van der Waals surface area contributed by atoms with Gasteiger partial charge in [0.2, 0.25) is 0 Å². The van der Waals surface area contributed by atoms with Crippen LogP contribution < -0.4 is 0 Å². The van der Waals surface area contributed by atoms with Gasteiger partial charge in [0.05, 0.1) is 3.79 Å². The maximum Gasteiger partial charge on any atom is 0.252 e. The highest BCUT2D eigenvalue weighted by Gasteiger charge is 2.35. The molecule has 1 aliphatic rings. The zero-order chi connectivity index (χ0) is 13.5. The largest absolute Gasteiger partial charge is 0.252 e. The summed E-state index contributed by atoms with van der Waals surface area (Å²) in [6.07, 6.45) is 0. The molecule has 1 saturated heterocycles. The van der Waals surface area contributed by atoms with E-state index in [4.69, 9.17) is 0 Å². The molecule has 0 aromatic carbocycles. The van der Waals surface area contributed by atoms with E-state index in [1.165, 1.54) is 11.3 Å². The van der Waals surface area contributed by atoms with Crippen LogP contribution in [0.3, 0.4) is 0 Å². The molecule has 7 heteroatoms. The Morgan fingerprint density at radius 2 is 2.11 bits per heavy atom. The van der Waals surface area contributed by atoms with Crippen molar-refractivity contribution in [2.24, 2.45) is 0 Å². The topological polar surface area (TPSA) is 37.4 Å². The van der Waals surface area contributed by atoms with Crippen molar-refractivity contribution in [1.82, 2.24) is 4.31 Å². The Kier molecular flexibility index (Phi) is 4.48. The van der Waals surface area contributed by atoms with Crippen LogP contribution in [0, 0.1) is 6.92 Å². The SMILES string of the molecule is Cc1cc(S(=O)(=O)N2CCSC(C)C2C)sc1Br. The molecule has 2 rings (SSSR count). The first-order chi connectivity index (χ1) is 8.34. The molecule has 0 spiro atoms. The summed E-state index contributed by atoms with van der Waals surface area (Å²) in [5.74, 6) is 0.871. The molecule has 1 aliphatic heterocycles. The minimum absolute atomic E-state index is 0.0509. The van der Waals surface area contributed by atoms with Crippen LogP contribution in [0.25, 0.3) is 0 Å². The second kappa shape index (κ2) is 5.44. The van der Waals surface area contributed by atoms with Crippen molar-refractivity contribution in [2.75, 3.05) is 12.3 Å². The van der Waals surface area contributed by atoms with Crippen LogP contribution in [-0.4, -0.2) is 36.3 Å². The molecule has 3 nitrogen and oxygen atoms in total. The molecule has 2 heterocycles. The first kappa shape index (κ1) is 14.8. The third-order valence-corrected chi connectivity index (χ3v) is 9.13. The van der Waals surface area contributed by atoms with Gasteiger partial charge in [-0.1, -0.05) is 6.92 Å². The van der Waals surface area contributed by atoms with Gasteiger partial charge in [0, 0.05) is 23.6 Å². The quantitative estimate of drug-likeness (QED) is 0.801. The zero-order valence-electron chi connectivity index (χ0n) is 10.5. The Hall–Kier alpha value is 0.440. The number of hydrogen-bond donors (Lipinski definition) is 0. The number of rotatable bonds is 2. The van der Waals surface area contributed by atoms with E-state index < -0.39 is 10.0 Å². The van der Waals surface area contributed by atoms with E-state index in [-0.39, 0.29) is 6.04 Å². The number of aryl methyl sites for hydroxylation is 1. The Balaban J connectivity index is 2.36. The molecular formula is C11H16BrNO2S3. The van der Waals surface area contributed by atoms with Crippen LogP contribution in [0.4, 0.5) is 0 Å². The van der Waals surface area contributed by atoms with Crippen molar-refractivity contribution in [3.05, 3.63) is 15.4 Å². The highest BCUT2D eigenvalue weighted by atomic mass is 79.9. The summed E-state index contributed by atoms with van der Waals surface area (Å²) >= 11 is 6.53. The summed E-state index contributed by atoms with van der Waals surface area (Å²) in [6.45, 7) is 6.60. The van der Waals surface area contributed by atoms with Crippen LogP contribution >= 0.6 is 39.0 Å². The molecule has 2 atom stereocenters. The first-order valence-electron chi connectivity index (χ1n) is 5.73. The third-order valence-electron chi connectivity index (χ3n) is 3.22. The number of thiophene rings is 1. The Morgan fingerprint density at radius 3 is 2.67 bits per heavy atom. The van der Waals surface area contributed by atoms with E-state index >= 15 is 0 Å². The van der Waals surface area contributed by atoms with Crippen molar-refractivity contribution in [3.63, 3.8) is 0 Å². The average molecular weight is 370 g/mol. The van der Waals surface area contributed by atoms with Crippen LogP contribution in [0.1, 0.15) is 19.4 Å². The van der Waals surface area contributed by atoms with Gasteiger partial charge in [0.25, 0.3) is 10.0 Å². The van der Waals surface area contributed by atoms with E-state index in [2.05, 4.69) is 22.9 Å². The van der Waals surface area contributed by atoms with Gasteiger partial charge in [-0.15, -0.1) is 11.3 Å². The van der Waals surface area contributed by atoms with Crippen LogP contribution in [0.2, 0.25) is 0 Å². The second-order valence-electron chi connectivity index (χ2n) is 4.45. The highest BCUT2D eigenvalue weighted by molar-refractivity contribution is 9.11. The van der Waals surface area contributed by atoms with Crippen molar-refractivity contribution in [1.29, 1.82) is 0 Å². The molecule has 0 amide bonds. The maximum absolute atomic E-state index is 12.6. The lowest BCUT2D eigenvalue weighted by atomic mass is 10.2. The molecule has 2 unspecified atom stereocenters. The lowest BCUT2D eigenvalue weighted by molar-refractivity contribution is 0.341. The Bertz CT molecular complexity index is 521. The molecule has 0 saturated carbocycles. The summed E-state index contributed by atoms with van der Waals surface area (Å²) in [4.78, 5) is 0. The van der Waals surface area contributed by atoms with Crippen LogP contribution in [-0.2, 0) is 10.0 Å². The fraction of sp³-hybridized carbons (Fsp3) is 0.636. The maximum atomic E-state index is 12.6. The zero-order valence-corrected chi connectivity index (χ0v) is 14.5. The monoisotopic (exact) mass is 369 g/mol. The Morgan fingerprint density at radius 1 is 1.44 bits per heavy atom. The molecule has 1 aromatic rings. The smallest absolute Gasteiger partial charge is 0.206 e. The third kappa shape index (κ3) is 2.65. The predicted molar refractivity (Wildman–Crippen MR) is 82.0 cm³/mol. The summed E-state index contributed by atoms with van der Waals surface area (Å²) in [7, 11) is -3.34. The van der Waals surface area contributed by atoms with E-state index in [0.717, 1.165) is 15.1 Å². The molecule has 102 valence electrons. The second-order valence-corrected chi connectivity index (χ2v) is 10.4. The number of sulfonamides is 1. The summed E-state index contributed by atoms with van der Waals surface area (Å²) in [6, 6.07) is 1.80. The van der Waals surface area contributed by atoms with E-state index in [1.54, 1.807) is 10.4 Å². The molecule has 0 N–H and O–H groups in total. The van der Waals surface area contributed by atoms with Crippen molar-refractivity contribution < 1.29 is 8.42 Å². The lowest BCUT2D eigenvalue weighted by Gasteiger charge is -2.35. The van der Waals surface area contributed by atoms with Gasteiger partial charge in [-0.05, 0) is 41.4 Å². The normalized spacial score (nSPS) is 26.4. The lowest BCUT2D eigenvalue weighted by Crippen LogP contribution is -2.47. The number of nitrogens with zero attached hydrogens (tertiary/aromatic N) is 1. The summed E-state index contributed by atoms with van der Waals surface area (Å²) in [5.41, 5.74) is 0.977. The molecule has 1 fully saturated rings. The standard InChI is InChI=1S/C11H16BrNO2S3/c1-7-6-10(17-11(7)12)18(14,15)13-4-5-16-9(3)8(13)2/h6,8-9H,4-5H2,1-3H3. The van der Waals surface area contributed by atoms with Gasteiger partial charge in [0.15, 0.2) is 0 Å². The minimum atomic E-state index is -3.34. The highest BCUT2D eigenvalue weighted by Crippen LogP contribution is 2.35. The van der Waals surface area contributed by atoms with Crippen molar-refractivity contribution in [2.45, 2.75) is 36.3 Å². The summed E-state index contributed by atoms with van der Waals surface area (Å²) in [5, 5.41) is 0.345. The van der Waals surface area contributed by atoms with Gasteiger partial charge >= 0.3 is 0 Å². The number of hydrogen-bond acceptors (Lipinski definition) is 4. The van der Waals surface area contributed by atoms with Gasteiger partial charge < -0.3 is 0 Å². The molecule has 0 aliphatic carbocycles. The van der Waals surface area contributed by atoms with Crippen molar-refractivity contribution in [3.8, 4) is 0 Å². The fourth-order valence-corrected chi connectivity index (χ4v) is 7.27. The van der Waals surface area contributed by atoms with Gasteiger partial charge in [0.1, 0.15) is 4.21 Å². The first-order valence-corrected chi connectivity index (χ1v) is 9.83. The van der Waals surface area contributed by atoms with Crippen molar-refractivity contribution >= 4 is 49.1 Å². The molecule has 0 radical (unpaired) electrons. The van der Waals surface area contributed by atoms with Crippen LogP contribution in [0.15, 0.2) is 14.1 Å². The van der Waals surface area contributed by atoms with E-state index in [1.807, 2.05) is 25.6 Å². The van der Waals surface area contributed by atoms with E-state index in [0.29, 0.717) is 16.0 Å². The fourth-order valence-electron chi connectivity index (χ4n) is 1.92. The molecular weight excluding hydrogens is 354 g/mol.